The van der Waals surface area contributed by atoms with Gasteiger partial charge in [-0.3, -0.25) is 19.0 Å². The molecule has 0 aliphatic carbocycles. The topological polar surface area (TPSA) is 161 Å². The highest BCUT2D eigenvalue weighted by molar-refractivity contribution is 5.95. The Morgan fingerprint density at radius 3 is 1.42 bits per heavy atom. The second kappa shape index (κ2) is 20.1. The summed E-state index contributed by atoms with van der Waals surface area (Å²) < 4.78 is 45.6. The van der Waals surface area contributed by atoms with Gasteiger partial charge < -0.3 is 48.1 Å². The van der Waals surface area contributed by atoms with E-state index in [2.05, 4.69) is 60.5 Å². The first-order chi connectivity index (χ1) is 32.4. The van der Waals surface area contributed by atoms with Crippen LogP contribution in [0, 0.1) is 0 Å². The first-order valence-corrected chi connectivity index (χ1v) is 24.6. The minimum absolute atomic E-state index is 0.00808. The van der Waals surface area contributed by atoms with Crippen LogP contribution in [0.2, 0.25) is 0 Å². The Morgan fingerprint density at radius 1 is 0.623 bits per heavy atom. The Morgan fingerprint density at radius 2 is 1.03 bits per heavy atom. The van der Waals surface area contributed by atoms with E-state index in [4.69, 9.17) is 38.3 Å². The molecule has 2 unspecified atom stereocenters. The number of aliphatic hydroxyl groups excluding tert-OH is 1. The number of carbonyl (C=O) groups is 2. The number of nitrogens with zero attached hydrogens (tertiary/aromatic N) is 6. The molecule has 2 spiro atoms. The van der Waals surface area contributed by atoms with Crippen LogP contribution in [-0.4, -0.2) is 116 Å². The normalized spacial score (nSPS) is 19.6. The van der Waals surface area contributed by atoms with E-state index < -0.39 is 11.7 Å². The molecule has 2 atom stereocenters. The summed E-state index contributed by atoms with van der Waals surface area (Å²) in [4.78, 5) is 30.3. The standard InChI is InChI=1S/C28H41N3O5.C25H35N3O5/c1-18(2)34-21-10-9-20(15-22(21)33-8)26(32)30-13-11-28(12-14-30)16-23(35-19(3)4)25-24(36-28)17-31(29-25)27(5,6)7;1-16(2)32-19-8-7-17(13-20(19)31-6)23(30)27-11-9-25(10-12-27)14-18(29)22-21(33-25)15-28(26-22)24(3,4)5/h9-10,15,17-19,23H,11-14,16H2,1-8H3;7-8,13,15-16,18,29H,9-12,14H2,1-6H3. The number of amides is 2. The fourth-order valence-corrected chi connectivity index (χ4v) is 9.43. The van der Waals surface area contributed by atoms with Crippen molar-refractivity contribution in [3.63, 3.8) is 0 Å². The average molecular weight is 957 g/mol. The van der Waals surface area contributed by atoms with Gasteiger partial charge in [0, 0.05) is 75.8 Å². The number of aliphatic hydroxyl groups is 1. The van der Waals surface area contributed by atoms with Gasteiger partial charge in [-0.05, 0) is 119 Å². The largest absolute Gasteiger partial charge is 0.493 e. The number of aromatic nitrogens is 4. The predicted octanol–water partition coefficient (Wildman–Crippen LogP) is 9.28. The third kappa shape index (κ3) is 11.6. The molecule has 16 nitrogen and oxygen atoms in total. The van der Waals surface area contributed by atoms with Crippen LogP contribution in [0.25, 0.3) is 0 Å². The molecule has 4 aromatic rings. The Balaban J connectivity index is 0.000000205. The number of likely N-dealkylation sites (tertiary alicyclic amines) is 2. The summed E-state index contributed by atoms with van der Waals surface area (Å²) >= 11 is 0. The van der Waals surface area contributed by atoms with Crippen LogP contribution in [0.5, 0.6) is 34.5 Å². The minimum atomic E-state index is -0.669. The molecule has 2 fully saturated rings. The van der Waals surface area contributed by atoms with E-state index in [1.54, 1.807) is 38.5 Å². The lowest BCUT2D eigenvalue weighted by Crippen LogP contribution is -2.52. The van der Waals surface area contributed by atoms with E-state index in [0.717, 1.165) is 30.7 Å². The SMILES string of the molecule is COc1cc(C(=O)N2CCC3(CC2)CC(O)c2nn(C(C)(C)C)cc2O3)ccc1OC(C)C.COc1cc(C(=O)N2CCC3(CC2)CC(OC(C)C)c2nn(C(C)(C)C)cc2O3)ccc1OC(C)C. The fourth-order valence-electron chi connectivity index (χ4n) is 9.43. The van der Waals surface area contributed by atoms with Gasteiger partial charge in [0.15, 0.2) is 34.5 Å². The molecule has 16 heteroatoms. The second-order valence-electron chi connectivity index (χ2n) is 21.8. The van der Waals surface area contributed by atoms with E-state index in [1.807, 2.05) is 71.4 Å². The molecule has 4 aliphatic rings. The molecule has 69 heavy (non-hydrogen) atoms. The molecule has 6 heterocycles. The van der Waals surface area contributed by atoms with Crippen molar-refractivity contribution in [3.8, 4) is 34.5 Å². The van der Waals surface area contributed by atoms with Crippen molar-refractivity contribution in [2.24, 2.45) is 0 Å². The molecule has 2 amide bonds. The maximum absolute atomic E-state index is 13.3. The average Bonchev–Trinajstić information content (AvgIpc) is 3.93. The van der Waals surface area contributed by atoms with Crippen molar-refractivity contribution in [2.45, 2.75) is 174 Å². The number of rotatable bonds is 10. The van der Waals surface area contributed by atoms with Crippen molar-refractivity contribution in [1.82, 2.24) is 29.4 Å². The van der Waals surface area contributed by atoms with Crippen molar-refractivity contribution in [1.29, 1.82) is 0 Å². The molecule has 2 aromatic carbocycles. The van der Waals surface area contributed by atoms with E-state index in [1.165, 1.54) is 0 Å². The quantitative estimate of drug-likeness (QED) is 0.161. The molecule has 0 radical (unpaired) electrons. The fraction of sp³-hybridized carbons (Fsp3) is 0.623. The zero-order valence-corrected chi connectivity index (χ0v) is 43.4. The van der Waals surface area contributed by atoms with Gasteiger partial charge in [-0.25, -0.2) is 0 Å². The molecule has 1 N–H and O–H groups in total. The number of hydrogen-bond donors (Lipinski definition) is 1. The zero-order valence-electron chi connectivity index (χ0n) is 43.4. The van der Waals surface area contributed by atoms with E-state index in [9.17, 15) is 14.7 Å². The van der Waals surface area contributed by atoms with Crippen molar-refractivity contribution >= 4 is 11.8 Å². The number of ether oxygens (including phenoxy) is 7. The monoisotopic (exact) mass is 957 g/mol. The number of carbonyl (C=O) groups excluding carboxylic acids is 2. The summed E-state index contributed by atoms with van der Waals surface area (Å²) in [5, 5.41) is 20.2. The van der Waals surface area contributed by atoms with Crippen LogP contribution in [0.1, 0.15) is 166 Å². The van der Waals surface area contributed by atoms with Gasteiger partial charge in [0.2, 0.25) is 0 Å². The predicted molar refractivity (Wildman–Crippen MR) is 262 cm³/mol. The molecule has 8 rings (SSSR count). The summed E-state index contributed by atoms with van der Waals surface area (Å²) in [5.74, 6) is 3.77. The maximum Gasteiger partial charge on any atom is 0.253 e. The van der Waals surface area contributed by atoms with Crippen molar-refractivity contribution < 1.29 is 47.9 Å². The van der Waals surface area contributed by atoms with Gasteiger partial charge >= 0.3 is 0 Å². The number of hydrogen-bond acceptors (Lipinski definition) is 12. The number of fused-ring (bicyclic) bond motifs is 2. The molecule has 4 aliphatic heterocycles. The number of methoxy groups -OCH3 is 2. The highest BCUT2D eigenvalue weighted by Gasteiger charge is 2.48. The van der Waals surface area contributed by atoms with Gasteiger partial charge in [-0.15, -0.1) is 0 Å². The Kier molecular flexibility index (Phi) is 15.0. The van der Waals surface area contributed by atoms with Gasteiger partial charge in [0.25, 0.3) is 11.8 Å². The van der Waals surface area contributed by atoms with E-state index in [-0.39, 0.29) is 52.9 Å². The van der Waals surface area contributed by atoms with E-state index in [0.29, 0.717) is 91.0 Å². The van der Waals surface area contributed by atoms with E-state index >= 15 is 0 Å². The van der Waals surface area contributed by atoms with Gasteiger partial charge in [0.1, 0.15) is 34.8 Å². The van der Waals surface area contributed by atoms with Crippen molar-refractivity contribution in [3.05, 3.63) is 71.3 Å². The molecular formula is C53H76N6O10. The summed E-state index contributed by atoms with van der Waals surface area (Å²) in [7, 11) is 3.16. The molecule has 0 saturated carbocycles. The first kappa shape index (κ1) is 51.4. The van der Waals surface area contributed by atoms with Crippen molar-refractivity contribution in [2.75, 3.05) is 40.4 Å². The lowest BCUT2D eigenvalue weighted by atomic mass is 9.83. The van der Waals surface area contributed by atoms with Crippen LogP contribution in [0.3, 0.4) is 0 Å². The Bertz CT molecular complexity index is 2430. The lowest BCUT2D eigenvalue weighted by molar-refractivity contribution is -0.0885. The minimum Gasteiger partial charge on any atom is -0.493 e. The highest BCUT2D eigenvalue weighted by Crippen LogP contribution is 2.47. The molecular weight excluding hydrogens is 881 g/mol. The Hall–Kier alpha value is -5.48. The molecule has 2 aromatic heterocycles. The number of benzene rings is 2. The Labute approximate surface area is 408 Å². The van der Waals surface area contributed by atoms with Crippen LogP contribution < -0.4 is 28.4 Å². The third-order valence-electron chi connectivity index (χ3n) is 13.1. The van der Waals surface area contributed by atoms with Crippen LogP contribution in [0.15, 0.2) is 48.8 Å². The summed E-state index contributed by atoms with van der Waals surface area (Å²) in [5.41, 5.74) is 1.44. The zero-order chi connectivity index (χ0) is 50.2. The lowest BCUT2D eigenvalue weighted by Gasteiger charge is -2.45. The van der Waals surface area contributed by atoms with Crippen LogP contribution >= 0.6 is 0 Å². The van der Waals surface area contributed by atoms with Crippen LogP contribution in [-0.2, 0) is 15.8 Å². The summed E-state index contributed by atoms with van der Waals surface area (Å²) in [6, 6.07) is 10.7. The first-order valence-electron chi connectivity index (χ1n) is 24.6. The highest BCUT2D eigenvalue weighted by atomic mass is 16.5. The number of piperidine rings is 2. The third-order valence-corrected chi connectivity index (χ3v) is 13.1. The van der Waals surface area contributed by atoms with Crippen LogP contribution in [0.4, 0.5) is 0 Å². The second-order valence-corrected chi connectivity index (χ2v) is 21.8. The van der Waals surface area contributed by atoms with Gasteiger partial charge in [-0.2, -0.15) is 10.2 Å². The van der Waals surface area contributed by atoms with Gasteiger partial charge in [-0.1, -0.05) is 0 Å². The summed E-state index contributed by atoms with van der Waals surface area (Å²) in [6.45, 7) is 26.8. The maximum atomic E-state index is 13.3. The molecule has 378 valence electrons. The molecule has 2 saturated heterocycles. The smallest absolute Gasteiger partial charge is 0.253 e. The van der Waals surface area contributed by atoms with Gasteiger partial charge in [0.05, 0.1) is 56.0 Å². The summed E-state index contributed by atoms with van der Waals surface area (Å²) in [6.07, 6.45) is 7.20. The molecule has 0 bridgehead atoms.